The molecular formula is C15H18ClN3O2S. The van der Waals surface area contributed by atoms with Crippen molar-refractivity contribution >= 4 is 33.3 Å². The molecule has 2 heterocycles. The zero-order valence-electron chi connectivity index (χ0n) is 12.1. The van der Waals surface area contributed by atoms with E-state index in [2.05, 4.69) is 15.0 Å². The maximum absolute atomic E-state index is 12.7. The zero-order valence-corrected chi connectivity index (χ0v) is 13.7. The van der Waals surface area contributed by atoms with Gasteiger partial charge in [0.2, 0.25) is 10.0 Å². The summed E-state index contributed by atoms with van der Waals surface area (Å²) in [6.07, 6.45) is 1.69. The Labute approximate surface area is 136 Å². The van der Waals surface area contributed by atoms with Gasteiger partial charge in [0, 0.05) is 17.6 Å². The Hall–Kier alpha value is -1.21. The number of aromatic nitrogens is 1. The van der Waals surface area contributed by atoms with Crippen LogP contribution in [0.15, 0.2) is 35.4 Å². The minimum Gasteiger partial charge on any atom is -0.316 e. The fourth-order valence-electron chi connectivity index (χ4n) is 3.36. The van der Waals surface area contributed by atoms with Gasteiger partial charge in [-0.1, -0.05) is 6.07 Å². The lowest BCUT2D eigenvalue weighted by molar-refractivity contribution is 0.566. The minimum absolute atomic E-state index is 0. The number of hydrogen-bond acceptors (Lipinski definition) is 4. The van der Waals surface area contributed by atoms with E-state index in [-0.39, 0.29) is 18.4 Å². The summed E-state index contributed by atoms with van der Waals surface area (Å²) >= 11 is 0. The quantitative estimate of drug-likeness (QED) is 0.888. The number of halogens is 1. The van der Waals surface area contributed by atoms with Crippen LogP contribution in [0, 0.1) is 18.8 Å². The van der Waals surface area contributed by atoms with Gasteiger partial charge < -0.3 is 5.32 Å². The van der Waals surface area contributed by atoms with Gasteiger partial charge in [0.05, 0.1) is 10.4 Å². The summed E-state index contributed by atoms with van der Waals surface area (Å²) in [6.45, 7) is 3.76. The Morgan fingerprint density at radius 2 is 1.95 bits per heavy atom. The van der Waals surface area contributed by atoms with E-state index < -0.39 is 10.0 Å². The summed E-state index contributed by atoms with van der Waals surface area (Å²) in [7, 11) is -3.50. The second-order valence-corrected chi connectivity index (χ2v) is 7.60. The maximum atomic E-state index is 12.7. The molecule has 1 aromatic heterocycles. The molecular weight excluding hydrogens is 322 g/mol. The highest BCUT2D eigenvalue weighted by Gasteiger charge is 2.54. The molecule has 22 heavy (non-hydrogen) atoms. The number of hydrogen-bond donors (Lipinski definition) is 2. The van der Waals surface area contributed by atoms with Crippen molar-refractivity contribution in [3.8, 4) is 0 Å². The number of benzene rings is 1. The van der Waals surface area contributed by atoms with Crippen molar-refractivity contribution in [3.05, 3.63) is 36.0 Å². The number of sulfonamides is 1. The maximum Gasteiger partial charge on any atom is 0.241 e. The molecule has 2 aliphatic rings. The van der Waals surface area contributed by atoms with Crippen molar-refractivity contribution in [2.24, 2.45) is 11.8 Å². The van der Waals surface area contributed by atoms with Crippen LogP contribution < -0.4 is 10.0 Å². The Bertz CT molecular complexity index is 815. The fraction of sp³-hybridized carbons (Fsp3) is 0.400. The number of nitrogens with one attached hydrogen (secondary N) is 2. The highest BCUT2D eigenvalue weighted by Crippen LogP contribution is 2.42. The molecule has 4 rings (SSSR count). The number of piperidine rings is 1. The van der Waals surface area contributed by atoms with E-state index in [1.165, 1.54) is 0 Å². The third-order valence-electron chi connectivity index (χ3n) is 4.60. The molecule has 1 aliphatic carbocycles. The molecule has 118 valence electrons. The Morgan fingerprint density at radius 1 is 1.23 bits per heavy atom. The minimum atomic E-state index is -3.50. The van der Waals surface area contributed by atoms with Crippen LogP contribution in [0.1, 0.15) is 5.56 Å². The molecule has 0 spiro atoms. The zero-order chi connectivity index (χ0) is 14.6. The van der Waals surface area contributed by atoms with E-state index in [1.54, 1.807) is 18.3 Å². The predicted molar refractivity (Wildman–Crippen MR) is 87.7 cm³/mol. The lowest BCUT2D eigenvalue weighted by Gasteiger charge is -2.12. The van der Waals surface area contributed by atoms with E-state index >= 15 is 0 Å². The van der Waals surface area contributed by atoms with Gasteiger partial charge in [0.15, 0.2) is 0 Å². The molecule has 0 amide bonds. The van der Waals surface area contributed by atoms with E-state index in [9.17, 15) is 8.42 Å². The first-order valence-electron chi connectivity index (χ1n) is 7.15. The average Bonchev–Trinajstić information content (AvgIpc) is 2.89. The Morgan fingerprint density at radius 3 is 2.68 bits per heavy atom. The van der Waals surface area contributed by atoms with Crippen LogP contribution in [-0.4, -0.2) is 32.5 Å². The van der Waals surface area contributed by atoms with E-state index in [0.29, 0.717) is 22.1 Å². The molecule has 0 radical (unpaired) electrons. The second kappa shape index (κ2) is 5.45. The smallest absolute Gasteiger partial charge is 0.241 e. The first-order chi connectivity index (χ1) is 10.1. The fourth-order valence-corrected chi connectivity index (χ4v) is 4.89. The highest BCUT2D eigenvalue weighted by molar-refractivity contribution is 7.89. The van der Waals surface area contributed by atoms with Gasteiger partial charge in [-0.15, -0.1) is 12.4 Å². The van der Waals surface area contributed by atoms with Crippen LogP contribution in [-0.2, 0) is 10.0 Å². The van der Waals surface area contributed by atoms with Gasteiger partial charge in [0.25, 0.3) is 0 Å². The van der Waals surface area contributed by atoms with Crippen molar-refractivity contribution in [1.82, 2.24) is 15.0 Å². The molecule has 2 N–H and O–H groups in total. The van der Waals surface area contributed by atoms with Crippen molar-refractivity contribution in [3.63, 3.8) is 0 Å². The number of fused-ring (bicyclic) bond motifs is 2. The molecule has 7 heteroatoms. The third kappa shape index (κ3) is 2.40. The van der Waals surface area contributed by atoms with Crippen LogP contribution in [0.3, 0.4) is 0 Å². The molecule has 1 saturated carbocycles. The van der Waals surface area contributed by atoms with Gasteiger partial charge in [-0.3, -0.25) is 4.98 Å². The van der Waals surface area contributed by atoms with Gasteiger partial charge in [0.1, 0.15) is 0 Å². The molecule has 1 aliphatic heterocycles. The summed E-state index contributed by atoms with van der Waals surface area (Å²) in [4.78, 5) is 4.63. The molecule has 2 atom stereocenters. The molecule has 1 saturated heterocycles. The van der Waals surface area contributed by atoms with Gasteiger partial charge >= 0.3 is 0 Å². The van der Waals surface area contributed by atoms with Crippen molar-refractivity contribution < 1.29 is 8.42 Å². The molecule has 2 fully saturated rings. The van der Waals surface area contributed by atoms with Gasteiger partial charge in [-0.2, -0.15) is 0 Å². The van der Waals surface area contributed by atoms with Crippen LogP contribution in [0.5, 0.6) is 0 Å². The summed E-state index contributed by atoms with van der Waals surface area (Å²) in [5.74, 6) is 0.907. The Kier molecular flexibility index (Phi) is 3.89. The topological polar surface area (TPSA) is 71.1 Å². The largest absolute Gasteiger partial charge is 0.316 e. The molecule has 5 nitrogen and oxygen atoms in total. The summed E-state index contributed by atoms with van der Waals surface area (Å²) in [5.41, 5.74) is 1.73. The molecule has 2 aromatic rings. The average molecular weight is 340 g/mol. The Balaban J connectivity index is 0.00000144. The molecule has 1 aromatic carbocycles. The lowest BCUT2D eigenvalue weighted by Crippen LogP contribution is -2.32. The van der Waals surface area contributed by atoms with Crippen molar-refractivity contribution in [2.75, 3.05) is 13.1 Å². The van der Waals surface area contributed by atoms with E-state index in [4.69, 9.17) is 0 Å². The highest BCUT2D eigenvalue weighted by atomic mass is 35.5. The predicted octanol–water partition coefficient (Wildman–Crippen LogP) is 1.46. The van der Waals surface area contributed by atoms with E-state index in [1.807, 2.05) is 19.1 Å². The number of rotatable bonds is 3. The third-order valence-corrected chi connectivity index (χ3v) is 6.12. The summed E-state index contributed by atoms with van der Waals surface area (Å²) in [5, 5.41) is 3.96. The number of pyridine rings is 1. The van der Waals surface area contributed by atoms with Crippen LogP contribution >= 0.6 is 12.4 Å². The van der Waals surface area contributed by atoms with Crippen LogP contribution in [0.4, 0.5) is 0 Å². The van der Waals surface area contributed by atoms with Crippen molar-refractivity contribution in [2.45, 2.75) is 17.9 Å². The van der Waals surface area contributed by atoms with Gasteiger partial charge in [-0.25, -0.2) is 13.1 Å². The monoisotopic (exact) mass is 339 g/mol. The SMILES string of the molecule is Cc1ccc(S(=O)(=O)NC2C3CNCC32)c2cccnc12.Cl. The number of aryl methyl sites for hydroxylation is 1. The summed E-state index contributed by atoms with van der Waals surface area (Å²) in [6, 6.07) is 7.18. The van der Waals surface area contributed by atoms with E-state index in [0.717, 1.165) is 24.2 Å². The summed E-state index contributed by atoms with van der Waals surface area (Å²) < 4.78 is 28.2. The standard InChI is InChI=1S/C15H17N3O2S.ClH/c1-9-4-5-13(10-3-2-6-17-14(9)10)21(19,20)18-15-11-7-16-8-12(11)15;/h2-6,11-12,15-16,18H,7-8H2,1H3;1H. The second-order valence-electron chi connectivity index (χ2n) is 5.91. The normalized spacial score (nSPS) is 26.5. The van der Waals surface area contributed by atoms with Crippen LogP contribution in [0.2, 0.25) is 0 Å². The van der Waals surface area contributed by atoms with Gasteiger partial charge in [-0.05, 0) is 55.6 Å². The number of nitrogens with zero attached hydrogens (tertiary/aromatic N) is 1. The first-order valence-corrected chi connectivity index (χ1v) is 8.63. The molecule has 2 unspecified atom stereocenters. The van der Waals surface area contributed by atoms with Crippen molar-refractivity contribution in [1.29, 1.82) is 0 Å². The first kappa shape index (κ1) is 15.7. The lowest BCUT2D eigenvalue weighted by atomic mass is 10.1. The molecule has 0 bridgehead atoms. The van der Waals surface area contributed by atoms with Crippen LogP contribution in [0.25, 0.3) is 10.9 Å².